The van der Waals surface area contributed by atoms with E-state index in [2.05, 4.69) is 10.3 Å². The Kier molecular flexibility index (Phi) is 5.17. The fourth-order valence-electron chi connectivity index (χ4n) is 2.85. The summed E-state index contributed by atoms with van der Waals surface area (Å²) in [6, 6.07) is 1.40. The molecule has 0 radical (unpaired) electrons. The maximum atomic E-state index is 12.3. The molecular weight excluding hydrogens is 268 g/mol. The number of aromatic amines is 1. The molecule has 0 bridgehead atoms. The highest BCUT2D eigenvalue weighted by Gasteiger charge is 2.19. The number of nitrogens with one attached hydrogen (secondary N) is 2. The first-order valence-corrected chi connectivity index (χ1v) is 7.68. The Morgan fingerprint density at radius 1 is 1.38 bits per heavy atom. The van der Waals surface area contributed by atoms with E-state index in [1.54, 1.807) is 6.07 Å². The zero-order chi connectivity index (χ0) is 15.4. The van der Waals surface area contributed by atoms with E-state index in [0.717, 1.165) is 36.9 Å². The van der Waals surface area contributed by atoms with Crippen LogP contribution in [-0.4, -0.2) is 28.6 Å². The molecule has 0 saturated heterocycles. The first kappa shape index (κ1) is 15.8. The van der Waals surface area contributed by atoms with Crippen LogP contribution in [0.5, 0.6) is 0 Å². The molecule has 5 heteroatoms. The third-order valence-corrected chi connectivity index (χ3v) is 3.89. The number of hydrogen-bond acceptors (Lipinski definition) is 3. The number of pyridine rings is 1. The predicted octanol–water partition coefficient (Wildman–Crippen LogP) is 1.39. The number of amides is 1. The lowest BCUT2D eigenvalue weighted by Gasteiger charge is -2.19. The van der Waals surface area contributed by atoms with E-state index in [4.69, 9.17) is 0 Å². The van der Waals surface area contributed by atoms with Crippen LogP contribution >= 0.6 is 0 Å². The molecule has 0 aromatic carbocycles. The molecule has 1 atom stereocenters. The van der Waals surface area contributed by atoms with Crippen LogP contribution in [-0.2, 0) is 12.8 Å². The molecule has 2 rings (SSSR count). The molecular formula is C16H24N2O3. The summed E-state index contributed by atoms with van der Waals surface area (Å²) in [4.78, 5) is 27.1. The van der Waals surface area contributed by atoms with Crippen molar-refractivity contribution < 1.29 is 9.90 Å². The zero-order valence-electron chi connectivity index (χ0n) is 12.7. The van der Waals surface area contributed by atoms with E-state index in [1.807, 2.05) is 13.8 Å². The summed E-state index contributed by atoms with van der Waals surface area (Å²) in [6.45, 7) is 3.94. The van der Waals surface area contributed by atoms with Crippen molar-refractivity contribution in [1.29, 1.82) is 0 Å². The molecule has 3 N–H and O–H groups in total. The van der Waals surface area contributed by atoms with Gasteiger partial charge in [-0.3, -0.25) is 9.59 Å². The van der Waals surface area contributed by atoms with Gasteiger partial charge in [-0.2, -0.15) is 0 Å². The van der Waals surface area contributed by atoms with Crippen molar-refractivity contribution in [3.05, 3.63) is 33.2 Å². The highest BCUT2D eigenvalue weighted by Crippen LogP contribution is 2.18. The molecule has 21 heavy (non-hydrogen) atoms. The van der Waals surface area contributed by atoms with Gasteiger partial charge in [-0.25, -0.2) is 0 Å². The average Bonchev–Trinajstić information content (AvgIpc) is 2.45. The number of aliphatic hydroxyl groups excluding tert-OH is 1. The van der Waals surface area contributed by atoms with Crippen molar-refractivity contribution >= 4 is 5.91 Å². The Morgan fingerprint density at radius 2 is 2.10 bits per heavy atom. The standard InChI is InChI=1S/C16H24N2O3/c1-10(2)7-12(9-19)17-15(20)13-8-11-5-3-4-6-14(11)18-16(13)21/h8,10,12,19H,3-7,9H2,1-2H3,(H,17,20)(H,18,21). The molecule has 0 fully saturated rings. The molecule has 1 amide bonds. The second-order valence-corrected chi connectivity index (χ2v) is 6.21. The Labute approximate surface area is 124 Å². The van der Waals surface area contributed by atoms with Crippen LogP contribution in [0.4, 0.5) is 0 Å². The normalized spacial score (nSPS) is 15.6. The number of H-pyrrole nitrogens is 1. The number of aromatic nitrogens is 1. The van der Waals surface area contributed by atoms with E-state index in [0.29, 0.717) is 12.3 Å². The zero-order valence-corrected chi connectivity index (χ0v) is 12.7. The van der Waals surface area contributed by atoms with Crippen molar-refractivity contribution in [2.24, 2.45) is 5.92 Å². The number of aliphatic hydroxyl groups is 1. The summed E-state index contributed by atoms with van der Waals surface area (Å²) < 4.78 is 0. The molecule has 1 aromatic heterocycles. The van der Waals surface area contributed by atoms with Crippen molar-refractivity contribution in [3.63, 3.8) is 0 Å². The van der Waals surface area contributed by atoms with Gasteiger partial charge in [-0.05, 0) is 49.7 Å². The number of rotatable bonds is 5. The molecule has 1 aromatic rings. The van der Waals surface area contributed by atoms with E-state index < -0.39 is 5.91 Å². The van der Waals surface area contributed by atoms with Gasteiger partial charge < -0.3 is 15.4 Å². The molecule has 0 aliphatic heterocycles. The van der Waals surface area contributed by atoms with Crippen molar-refractivity contribution in [3.8, 4) is 0 Å². The Hall–Kier alpha value is -1.62. The lowest BCUT2D eigenvalue weighted by atomic mass is 9.95. The smallest absolute Gasteiger partial charge is 0.261 e. The van der Waals surface area contributed by atoms with Gasteiger partial charge in [0.15, 0.2) is 0 Å². The minimum absolute atomic E-state index is 0.118. The van der Waals surface area contributed by atoms with Crippen LogP contribution in [0.2, 0.25) is 0 Å². The van der Waals surface area contributed by atoms with Gasteiger partial charge in [0, 0.05) is 5.69 Å². The molecule has 0 saturated carbocycles. The summed E-state index contributed by atoms with van der Waals surface area (Å²) in [7, 11) is 0. The number of carbonyl (C=O) groups is 1. The maximum absolute atomic E-state index is 12.3. The number of fused-ring (bicyclic) bond motifs is 1. The monoisotopic (exact) mass is 292 g/mol. The molecule has 5 nitrogen and oxygen atoms in total. The number of carbonyl (C=O) groups excluding carboxylic acids is 1. The summed E-state index contributed by atoms with van der Waals surface area (Å²) in [5.74, 6) is -0.0337. The summed E-state index contributed by atoms with van der Waals surface area (Å²) in [5, 5.41) is 12.1. The Morgan fingerprint density at radius 3 is 2.76 bits per heavy atom. The van der Waals surface area contributed by atoms with Crippen LogP contribution in [0, 0.1) is 5.92 Å². The largest absolute Gasteiger partial charge is 0.394 e. The molecule has 1 heterocycles. The van der Waals surface area contributed by atoms with Crippen LogP contribution < -0.4 is 10.9 Å². The number of hydrogen-bond donors (Lipinski definition) is 3. The number of aryl methyl sites for hydroxylation is 2. The minimum Gasteiger partial charge on any atom is -0.394 e. The van der Waals surface area contributed by atoms with Crippen molar-refractivity contribution in [1.82, 2.24) is 10.3 Å². The van der Waals surface area contributed by atoms with Crippen LogP contribution in [0.3, 0.4) is 0 Å². The highest BCUT2D eigenvalue weighted by atomic mass is 16.3. The van der Waals surface area contributed by atoms with Gasteiger partial charge in [0.2, 0.25) is 0 Å². The minimum atomic E-state index is -0.399. The third kappa shape index (κ3) is 3.94. The SMILES string of the molecule is CC(C)CC(CO)NC(=O)c1cc2c([nH]c1=O)CCCC2. The van der Waals surface area contributed by atoms with Crippen molar-refractivity contribution in [2.45, 2.75) is 52.0 Å². The summed E-state index contributed by atoms with van der Waals surface area (Å²) in [6.07, 6.45) is 4.63. The van der Waals surface area contributed by atoms with Gasteiger partial charge >= 0.3 is 0 Å². The second-order valence-electron chi connectivity index (χ2n) is 6.21. The topological polar surface area (TPSA) is 82.2 Å². The lowest BCUT2D eigenvalue weighted by molar-refractivity contribution is 0.0906. The molecule has 1 aliphatic carbocycles. The maximum Gasteiger partial charge on any atom is 0.261 e. The molecule has 1 unspecified atom stereocenters. The first-order valence-electron chi connectivity index (χ1n) is 7.68. The third-order valence-electron chi connectivity index (χ3n) is 3.89. The fraction of sp³-hybridized carbons (Fsp3) is 0.625. The molecule has 116 valence electrons. The highest BCUT2D eigenvalue weighted by molar-refractivity contribution is 5.94. The predicted molar refractivity (Wildman–Crippen MR) is 81.5 cm³/mol. The van der Waals surface area contributed by atoms with E-state index in [9.17, 15) is 14.7 Å². The van der Waals surface area contributed by atoms with Crippen LogP contribution in [0.1, 0.15) is 54.7 Å². The van der Waals surface area contributed by atoms with Gasteiger partial charge in [0.25, 0.3) is 11.5 Å². The lowest BCUT2D eigenvalue weighted by Crippen LogP contribution is -2.40. The summed E-state index contributed by atoms with van der Waals surface area (Å²) in [5.41, 5.74) is 1.84. The Balaban J connectivity index is 2.17. The summed E-state index contributed by atoms with van der Waals surface area (Å²) >= 11 is 0. The van der Waals surface area contributed by atoms with Crippen LogP contribution in [0.25, 0.3) is 0 Å². The Bertz CT molecular complexity index is 563. The van der Waals surface area contributed by atoms with E-state index in [1.165, 1.54) is 0 Å². The van der Waals surface area contributed by atoms with Gasteiger partial charge in [-0.1, -0.05) is 13.8 Å². The fourth-order valence-corrected chi connectivity index (χ4v) is 2.85. The van der Waals surface area contributed by atoms with Gasteiger partial charge in [0.1, 0.15) is 5.56 Å². The van der Waals surface area contributed by atoms with Gasteiger partial charge in [0.05, 0.1) is 12.6 Å². The van der Waals surface area contributed by atoms with Crippen LogP contribution in [0.15, 0.2) is 10.9 Å². The van der Waals surface area contributed by atoms with Crippen molar-refractivity contribution in [2.75, 3.05) is 6.61 Å². The molecule has 1 aliphatic rings. The van der Waals surface area contributed by atoms with E-state index in [-0.39, 0.29) is 23.8 Å². The molecule has 0 spiro atoms. The average molecular weight is 292 g/mol. The van der Waals surface area contributed by atoms with E-state index >= 15 is 0 Å². The second kappa shape index (κ2) is 6.89. The first-order chi connectivity index (χ1) is 10.0. The quantitative estimate of drug-likeness (QED) is 0.767. The van der Waals surface area contributed by atoms with Gasteiger partial charge in [-0.15, -0.1) is 0 Å².